The Bertz CT molecular complexity index is 577. The second-order valence-corrected chi connectivity index (χ2v) is 5.21. The molecule has 0 spiro atoms. The number of aryl methyl sites for hydroxylation is 1. The minimum Gasteiger partial charge on any atom is -0.388 e. The average molecular weight is 247 g/mol. The van der Waals surface area contributed by atoms with Crippen molar-refractivity contribution in [2.24, 2.45) is 0 Å². The predicted molar refractivity (Wildman–Crippen MR) is 67.6 cm³/mol. The third-order valence-corrected chi connectivity index (χ3v) is 3.45. The first-order valence-corrected chi connectivity index (χ1v) is 6.20. The fraction of sp³-hybridized carbons (Fsp3) is 0.583. The molecule has 0 amide bonds. The van der Waals surface area contributed by atoms with E-state index in [4.69, 9.17) is 0 Å². The van der Waals surface area contributed by atoms with Crippen molar-refractivity contribution in [1.82, 2.24) is 19.6 Å². The van der Waals surface area contributed by atoms with Crippen molar-refractivity contribution in [1.29, 1.82) is 0 Å². The Morgan fingerprint density at radius 1 is 1.39 bits per heavy atom. The summed E-state index contributed by atoms with van der Waals surface area (Å²) in [6.45, 7) is 5.27. The number of hydrogen-bond donors (Lipinski definition) is 1. The molecule has 0 aliphatic carbocycles. The number of nitrogens with zero attached hydrogens (tertiary/aromatic N) is 5. The second-order valence-electron chi connectivity index (χ2n) is 5.21. The van der Waals surface area contributed by atoms with Crippen LogP contribution >= 0.6 is 0 Å². The number of anilines is 1. The van der Waals surface area contributed by atoms with Gasteiger partial charge >= 0.3 is 0 Å². The fourth-order valence-corrected chi connectivity index (χ4v) is 2.55. The first kappa shape index (κ1) is 11.4. The van der Waals surface area contributed by atoms with Crippen molar-refractivity contribution < 1.29 is 5.11 Å². The number of hydrogen-bond acceptors (Lipinski definition) is 5. The summed E-state index contributed by atoms with van der Waals surface area (Å²) in [6, 6.07) is 0. The van der Waals surface area contributed by atoms with Gasteiger partial charge in [-0.25, -0.2) is 4.98 Å². The lowest BCUT2D eigenvalue weighted by Crippen LogP contribution is -2.46. The summed E-state index contributed by atoms with van der Waals surface area (Å²) in [5, 5.41) is 18.4. The van der Waals surface area contributed by atoms with Gasteiger partial charge in [0.05, 0.1) is 5.60 Å². The maximum atomic E-state index is 10.2. The molecular formula is C12H17N5O. The monoisotopic (exact) mass is 247 g/mol. The Hall–Kier alpha value is -1.69. The van der Waals surface area contributed by atoms with Crippen LogP contribution in [0.5, 0.6) is 0 Å². The van der Waals surface area contributed by atoms with E-state index >= 15 is 0 Å². The van der Waals surface area contributed by atoms with Crippen LogP contribution < -0.4 is 4.90 Å². The minimum atomic E-state index is -0.651. The van der Waals surface area contributed by atoms with E-state index in [0.717, 1.165) is 36.7 Å². The van der Waals surface area contributed by atoms with Gasteiger partial charge in [-0.15, -0.1) is 10.2 Å². The third-order valence-electron chi connectivity index (χ3n) is 3.45. The third kappa shape index (κ3) is 1.82. The standard InChI is InChI=1S/C12H17N5O/c1-9-14-15-11-10(13-5-7-17(9)11)16-6-3-4-12(2,18)8-16/h5,7,18H,3-4,6,8H2,1-2H3. The van der Waals surface area contributed by atoms with Crippen LogP contribution in [0.2, 0.25) is 0 Å². The maximum Gasteiger partial charge on any atom is 0.203 e. The van der Waals surface area contributed by atoms with Crippen molar-refractivity contribution in [3.63, 3.8) is 0 Å². The molecule has 96 valence electrons. The summed E-state index contributed by atoms with van der Waals surface area (Å²) < 4.78 is 1.92. The average Bonchev–Trinajstić information content (AvgIpc) is 2.70. The topological polar surface area (TPSA) is 66.5 Å². The van der Waals surface area contributed by atoms with Crippen LogP contribution in [-0.2, 0) is 0 Å². The molecule has 1 N–H and O–H groups in total. The molecule has 1 unspecified atom stereocenters. The van der Waals surface area contributed by atoms with E-state index in [-0.39, 0.29) is 0 Å². The molecule has 6 nitrogen and oxygen atoms in total. The van der Waals surface area contributed by atoms with Crippen LogP contribution in [0.1, 0.15) is 25.6 Å². The van der Waals surface area contributed by atoms with E-state index in [0.29, 0.717) is 6.54 Å². The second kappa shape index (κ2) is 3.91. The van der Waals surface area contributed by atoms with Gasteiger partial charge < -0.3 is 10.0 Å². The fourth-order valence-electron chi connectivity index (χ4n) is 2.55. The Labute approximate surface area is 105 Å². The molecule has 2 aromatic rings. The Kier molecular flexibility index (Phi) is 2.48. The zero-order valence-electron chi connectivity index (χ0n) is 10.7. The van der Waals surface area contributed by atoms with Crippen molar-refractivity contribution in [2.45, 2.75) is 32.3 Å². The normalized spacial score (nSPS) is 24.7. The highest BCUT2D eigenvalue weighted by atomic mass is 16.3. The van der Waals surface area contributed by atoms with Gasteiger partial charge in [-0.2, -0.15) is 0 Å². The summed E-state index contributed by atoms with van der Waals surface area (Å²) in [5.41, 5.74) is 0.106. The minimum absolute atomic E-state index is 0.589. The molecule has 1 saturated heterocycles. The summed E-state index contributed by atoms with van der Waals surface area (Å²) >= 11 is 0. The van der Waals surface area contributed by atoms with Gasteiger partial charge in [0.2, 0.25) is 5.65 Å². The quantitative estimate of drug-likeness (QED) is 0.806. The number of aliphatic hydroxyl groups is 1. The van der Waals surface area contributed by atoms with Crippen LogP contribution in [0.4, 0.5) is 5.82 Å². The van der Waals surface area contributed by atoms with E-state index in [1.54, 1.807) is 6.20 Å². The molecule has 2 aromatic heterocycles. The molecule has 6 heteroatoms. The largest absolute Gasteiger partial charge is 0.388 e. The smallest absolute Gasteiger partial charge is 0.203 e. The van der Waals surface area contributed by atoms with Gasteiger partial charge in [0.25, 0.3) is 0 Å². The van der Waals surface area contributed by atoms with Gasteiger partial charge in [0.15, 0.2) is 5.82 Å². The molecule has 0 radical (unpaired) electrons. The van der Waals surface area contributed by atoms with Gasteiger partial charge in [-0.1, -0.05) is 0 Å². The number of fused-ring (bicyclic) bond motifs is 1. The van der Waals surface area contributed by atoms with Crippen molar-refractivity contribution in [3.05, 3.63) is 18.2 Å². The Morgan fingerprint density at radius 2 is 2.22 bits per heavy atom. The predicted octanol–water partition coefficient (Wildman–Crippen LogP) is 0.784. The molecule has 1 atom stereocenters. The van der Waals surface area contributed by atoms with E-state index in [9.17, 15) is 5.11 Å². The molecule has 3 heterocycles. The van der Waals surface area contributed by atoms with Crippen molar-refractivity contribution in [2.75, 3.05) is 18.0 Å². The van der Waals surface area contributed by atoms with Gasteiger partial charge in [0.1, 0.15) is 5.82 Å². The van der Waals surface area contributed by atoms with Crippen LogP contribution in [-0.4, -0.2) is 43.4 Å². The van der Waals surface area contributed by atoms with Crippen LogP contribution in [0.25, 0.3) is 5.65 Å². The van der Waals surface area contributed by atoms with Crippen LogP contribution in [0.3, 0.4) is 0 Å². The van der Waals surface area contributed by atoms with Crippen molar-refractivity contribution in [3.8, 4) is 0 Å². The summed E-state index contributed by atoms with van der Waals surface area (Å²) in [5.74, 6) is 1.65. The highest BCUT2D eigenvalue weighted by molar-refractivity contribution is 5.64. The van der Waals surface area contributed by atoms with Crippen molar-refractivity contribution >= 4 is 11.5 Å². The molecule has 3 rings (SSSR count). The summed E-state index contributed by atoms with van der Waals surface area (Å²) in [4.78, 5) is 6.49. The molecular weight excluding hydrogens is 230 g/mol. The zero-order chi connectivity index (χ0) is 12.8. The maximum absolute atomic E-state index is 10.2. The van der Waals surface area contributed by atoms with E-state index < -0.39 is 5.60 Å². The van der Waals surface area contributed by atoms with E-state index in [1.165, 1.54) is 0 Å². The molecule has 0 saturated carbocycles. The van der Waals surface area contributed by atoms with Gasteiger partial charge in [-0.3, -0.25) is 4.40 Å². The molecule has 18 heavy (non-hydrogen) atoms. The van der Waals surface area contributed by atoms with Gasteiger partial charge in [-0.05, 0) is 26.7 Å². The first-order valence-electron chi connectivity index (χ1n) is 6.20. The Morgan fingerprint density at radius 3 is 3.00 bits per heavy atom. The molecule has 0 aromatic carbocycles. The lowest BCUT2D eigenvalue weighted by Gasteiger charge is -2.37. The summed E-state index contributed by atoms with van der Waals surface area (Å²) in [7, 11) is 0. The number of piperidine rings is 1. The molecule has 1 fully saturated rings. The summed E-state index contributed by atoms with van der Waals surface area (Å²) in [6.07, 6.45) is 5.40. The SMILES string of the molecule is Cc1nnc2c(N3CCCC(C)(O)C3)nccn12. The number of β-amino-alcohol motifs (C(OH)–C–C–N with tert-alkyl or cyclic N) is 1. The number of aromatic nitrogens is 4. The lowest BCUT2D eigenvalue weighted by molar-refractivity contribution is 0.0447. The lowest BCUT2D eigenvalue weighted by atomic mass is 9.95. The Balaban J connectivity index is 2.04. The highest BCUT2D eigenvalue weighted by Gasteiger charge is 2.30. The van der Waals surface area contributed by atoms with Gasteiger partial charge in [0, 0.05) is 25.5 Å². The zero-order valence-corrected chi connectivity index (χ0v) is 10.7. The van der Waals surface area contributed by atoms with E-state index in [1.807, 2.05) is 24.4 Å². The van der Waals surface area contributed by atoms with Crippen LogP contribution in [0.15, 0.2) is 12.4 Å². The van der Waals surface area contributed by atoms with Crippen LogP contribution in [0, 0.1) is 6.92 Å². The molecule has 1 aliphatic heterocycles. The van der Waals surface area contributed by atoms with E-state index in [2.05, 4.69) is 20.1 Å². The number of rotatable bonds is 1. The highest BCUT2D eigenvalue weighted by Crippen LogP contribution is 2.26. The molecule has 1 aliphatic rings. The molecule has 0 bridgehead atoms. The first-order chi connectivity index (χ1) is 8.57.